The van der Waals surface area contributed by atoms with Crippen molar-refractivity contribution in [1.29, 1.82) is 0 Å². The Kier molecular flexibility index (Phi) is 5.81. The topological polar surface area (TPSA) is 8.81 Å². The largest absolute Gasteiger partial charge is 0.309 e. The second-order valence-electron chi connectivity index (χ2n) is 13.9. The van der Waals surface area contributed by atoms with Crippen molar-refractivity contribution < 1.29 is 4.57 Å². The third kappa shape index (κ3) is 3.67. The van der Waals surface area contributed by atoms with Crippen molar-refractivity contribution in [3.05, 3.63) is 144 Å². The highest BCUT2D eigenvalue weighted by Crippen LogP contribution is 2.52. The molecule has 0 unspecified atom stereocenters. The van der Waals surface area contributed by atoms with E-state index in [0.717, 1.165) is 19.3 Å². The number of aromatic nitrogens is 2. The summed E-state index contributed by atoms with van der Waals surface area (Å²) in [5, 5.41) is 2.62. The van der Waals surface area contributed by atoms with Gasteiger partial charge >= 0.3 is 0 Å². The molecule has 0 spiro atoms. The van der Waals surface area contributed by atoms with Crippen molar-refractivity contribution in [2.24, 2.45) is 0 Å². The fourth-order valence-electron chi connectivity index (χ4n) is 8.74. The number of benzene rings is 5. The number of fused-ring (bicyclic) bond motifs is 9. The van der Waals surface area contributed by atoms with Gasteiger partial charge in [-0.3, -0.25) is 0 Å². The zero-order valence-corrected chi connectivity index (χ0v) is 27.1. The van der Waals surface area contributed by atoms with Crippen LogP contribution < -0.4 is 4.57 Å². The van der Waals surface area contributed by atoms with E-state index < -0.39 is 0 Å². The predicted octanol–water partition coefficient (Wildman–Crippen LogP) is 10.8. The molecule has 0 fully saturated rings. The maximum Gasteiger partial charge on any atom is 0.213 e. The van der Waals surface area contributed by atoms with E-state index >= 15 is 0 Å². The molecule has 7 aromatic rings. The fraction of sp³-hybridized carbons (Fsp3) is 0.205. The molecular formula is C44H39N2+. The van der Waals surface area contributed by atoms with Gasteiger partial charge in [-0.15, -0.1) is 0 Å². The average Bonchev–Trinajstić information content (AvgIpc) is 3.55. The molecule has 1 aliphatic heterocycles. The number of hydrogen-bond donors (Lipinski definition) is 0. The SMILES string of the molecule is CCC1(CC)Cc2ccc(-n3c4ccccc4c4cc5c(cc43)C(C)(C)c3cc(-c4ccccc4)ccc3-5)cc2-c2cccc[n+]21. The molecule has 1 aliphatic carbocycles. The summed E-state index contributed by atoms with van der Waals surface area (Å²) in [4.78, 5) is 0. The summed E-state index contributed by atoms with van der Waals surface area (Å²) in [6, 6.07) is 45.6. The van der Waals surface area contributed by atoms with Gasteiger partial charge in [0.15, 0.2) is 11.7 Å². The predicted molar refractivity (Wildman–Crippen MR) is 192 cm³/mol. The van der Waals surface area contributed by atoms with Crippen LogP contribution in [0.3, 0.4) is 0 Å². The van der Waals surface area contributed by atoms with Crippen molar-refractivity contribution in [3.63, 3.8) is 0 Å². The van der Waals surface area contributed by atoms with E-state index in [-0.39, 0.29) is 11.0 Å². The molecule has 0 bridgehead atoms. The van der Waals surface area contributed by atoms with Gasteiger partial charge in [0.25, 0.3) is 0 Å². The third-order valence-corrected chi connectivity index (χ3v) is 11.4. The van der Waals surface area contributed by atoms with E-state index in [1.165, 1.54) is 77.7 Å². The maximum absolute atomic E-state index is 2.56. The normalized spacial score (nSPS) is 15.4. The van der Waals surface area contributed by atoms with Gasteiger partial charge in [0, 0.05) is 53.3 Å². The van der Waals surface area contributed by atoms with Crippen molar-refractivity contribution in [2.75, 3.05) is 0 Å². The Morgan fingerprint density at radius 3 is 2.20 bits per heavy atom. The highest BCUT2D eigenvalue weighted by atomic mass is 15.1. The van der Waals surface area contributed by atoms with Gasteiger partial charge in [-0.2, -0.15) is 4.57 Å². The molecule has 2 nitrogen and oxygen atoms in total. The van der Waals surface area contributed by atoms with Crippen LogP contribution >= 0.6 is 0 Å². The molecule has 2 heteroatoms. The first-order valence-corrected chi connectivity index (χ1v) is 16.9. The molecule has 46 heavy (non-hydrogen) atoms. The zero-order chi connectivity index (χ0) is 31.2. The minimum absolute atomic E-state index is 0.111. The molecule has 224 valence electrons. The van der Waals surface area contributed by atoms with Crippen LogP contribution in [0.25, 0.3) is 61.0 Å². The molecule has 0 N–H and O–H groups in total. The zero-order valence-electron chi connectivity index (χ0n) is 27.1. The summed E-state index contributed by atoms with van der Waals surface area (Å²) in [5.41, 5.74) is 16.0. The van der Waals surface area contributed by atoms with Crippen LogP contribution in [0, 0.1) is 0 Å². The second-order valence-corrected chi connectivity index (χ2v) is 13.9. The van der Waals surface area contributed by atoms with Gasteiger partial charge in [-0.25, -0.2) is 0 Å². The van der Waals surface area contributed by atoms with E-state index in [4.69, 9.17) is 0 Å². The number of rotatable bonds is 4. The summed E-state index contributed by atoms with van der Waals surface area (Å²) in [6.45, 7) is 9.47. The van der Waals surface area contributed by atoms with Crippen LogP contribution in [0.1, 0.15) is 57.2 Å². The first kappa shape index (κ1) is 27.4. The van der Waals surface area contributed by atoms with Crippen LogP contribution in [-0.4, -0.2) is 4.57 Å². The molecule has 0 saturated carbocycles. The van der Waals surface area contributed by atoms with E-state index in [1.807, 2.05) is 0 Å². The average molecular weight is 596 g/mol. The van der Waals surface area contributed by atoms with Crippen LogP contribution in [0.4, 0.5) is 0 Å². The minimum atomic E-state index is -0.111. The maximum atomic E-state index is 2.56. The van der Waals surface area contributed by atoms with Crippen molar-refractivity contribution in [1.82, 2.24) is 4.57 Å². The molecule has 2 aliphatic rings. The summed E-state index contributed by atoms with van der Waals surface area (Å²) in [7, 11) is 0. The quantitative estimate of drug-likeness (QED) is 0.179. The van der Waals surface area contributed by atoms with Crippen molar-refractivity contribution in [2.45, 2.75) is 57.9 Å². The Labute approximate surface area is 271 Å². The summed E-state index contributed by atoms with van der Waals surface area (Å²) in [6.07, 6.45) is 5.60. The van der Waals surface area contributed by atoms with E-state index in [2.05, 4.69) is 164 Å². The molecule has 5 aromatic carbocycles. The molecule has 0 radical (unpaired) electrons. The number of nitrogens with zero attached hydrogens (tertiary/aromatic N) is 2. The van der Waals surface area contributed by atoms with E-state index in [0.29, 0.717) is 0 Å². The lowest BCUT2D eigenvalue weighted by Gasteiger charge is -2.33. The van der Waals surface area contributed by atoms with Crippen LogP contribution in [0.2, 0.25) is 0 Å². The lowest BCUT2D eigenvalue weighted by molar-refractivity contribution is -0.758. The van der Waals surface area contributed by atoms with Gasteiger partial charge in [0.05, 0.1) is 16.6 Å². The lowest BCUT2D eigenvalue weighted by Crippen LogP contribution is -2.60. The van der Waals surface area contributed by atoms with Gasteiger partial charge in [-0.05, 0) is 81.4 Å². The summed E-state index contributed by atoms with van der Waals surface area (Å²) < 4.78 is 5.07. The Morgan fingerprint density at radius 2 is 1.37 bits per heavy atom. The monoisotopic (exact) mass is 595 g/mol. The molecule has 0 saturated heterocycles. The van der Waals surface area contributed by atoms with Crippen LogP contribution in [-0.2, 0) is 17.4 Å². The smallest absolute Gasteiger partial charge is 0.213 e. The van der Waals surface area contributed by atoms with Gasteiger partial charge in [0.1, 0.15) is 0 Å². The minimum Gasteiger partial charge on any atom is -0.309 e. The van der Waals surface area contributed by atoms with Gasteiger partial charge < -0.3 is 4.57 Å². The summed E-state index contributed by atoms with van der Waals surface area (Å²) in [5.74, 6) is 0. The number of pyridine rings is 1. The second kappa shape index (κ2) is 9.77. The first-order chi connectivity index (χ1) is 22.4. The van der Waals surface area contributed by atoms with Gasteiger partial charge in [-0.1, -0.05) is 94.4 Å². The van der Waals surface area contributed by atoms with Crippen LogP contribution in [0.15, 0.2) is 128 Å². The molecule has 0 atom stereocenters. The first-order valence-electron chi connectivity index (χ1n) is 16.9. The number of hydrogen-bond acceptors (Lipinski definition) is 0. The Hall–Kier alpha value is -4.95. The van der Waals surface area contributed by atoms with Gasteiger partial charge in [0.2, 0.25) is 5.69 Å². The highest BCUT2D eigenvalue weighted by molar-refractivity contribution is 6.11. The van der Waals surface area contributed by atoms with E-state index in [9.17, 15) is 0 Å². The highest BCUT2D eigenvalue weighted by Gasteiger charge is 2.43. The van der Waals surface area contributed by atoms with Crippen molar-refractivity contribution >= 4 is 21.8 Å². The molecule has 9 rings (SSSR count). The Balaban J connectivity index is 1.26. The molecule has 3 heterocycles. The molecule has 2 aromatic heterocycles. The molecule has 0 amide bonds. The Bertz CT molecular complexity index is 2330. The van der Waals surface area contributed by atoms with Crippen molar-refractivity contribution in [3.8, 4) is 39.2 Å². The third-order valence-electron chi connectivity index (χ3n) is 11.4. The van der Waals surface area contributed by atoms with E-state index in [1.54, 1.807) is 0 Å². The lowest BCUT2D eigenvalue weighted by atomic mass is 9.79. The fourth-order valence-corrected chi connectivity index (χ4v) is 8.74. The molecular weight excluding hydrogens is 556 g/mol. The number of para-hydroxylation sites is 1. The standard InChI is InChI=1S/C44H39N2/c1-5-44(6-2)28-31-19-21-32(25-35(31)40-17-12-13-23-45(40)44)46-41-18-11-10-16-34(41)37-26-36-33-22-20-30(29-14-8-7-9-15-29)24-38(33)43(3,4)39(36)27-42(37)46/h7-27H,5-6,28H2,1-4H3/q+1. The Morgan fingerprint density at radius 1 is 0.609 bits per heavy atom. The summed E-state index contributed by atoms with van der Waals surface area (Å²) >= 11 is 0. The van der Waals surface area contributed by atoms with Crippen LogP contribution in [0.5, 0.6) is 0 Å².